The van der Waals surface area contributed by atoms with Gasteiger partial charge in [-0.1, -0.05) is 18.2 Å². The molecule has 0 spiro atoms. The summed E-state index contributed by atoms with van der Waals surface area (Å²) >= 11 is 0. The summed E-state index contributed by atoms with van der Waals surface area (Å²) in [4.78, 5) is 22.9. The van der Waals surface area contributed by atoms with E-state index in [-0.39, 0.29) is 5.91 Å². The van der Waals surface area contributed by atoms with Gasteiger partial charge in [0.1, 0.15) is 11.4 Å². The number of carbonyl (C=O) groups excluding carboxylic acids is 1. The molecule has 0 fully saturated rings. The van der Waals surface area contributed by atoms with Crippen molar-refractivity contribution in [2.45, 2.75) is 0 Å². The van der Waals surface area contributed by atoms with E-state index >= 15 is 0 Å². The van der Waals surface area contributed by atoms with E-state index < -0.39 is 0 Å². The molecule has 1 aromatic heterocycles. The second-order valence-corrected chi connectivity index (χ2v) is 5.97. The monoisotopic (exact) mass is 349 g/mol. The zero-order valence-electron chi connectivity index (χ0n) is 15.0. The first-order chi connectivity index (χ1) is 12.6. The highest BCUT2D eigenvalue weighted by Crippen LogP contribution is 2.26. The molecule has 0 aliphatic heterocycles. The van der Waals surface area contributed by atoms with E-state index in [1.807, 2.05) is 47.8 Å². The second kappa shape index (κ2) is 7.76. The van der Waals surface area contributed by atoms with Crippen LogP contribution >= 0.6 is 0 Å². The molecule has 0 radical (unpaired) electrons. The van der Waals surface area contributed by atoms with Crippen LogP contribution in [-0.4, -0.2) is 42.0 Å². The second-order valence-electron chi connectivity index (χ2n) is 5.97. The molecule has 0 bridgehead atoms. The number of carbonyl (C=O) groups is 1. The smallest absolute Gasteiger partial charge is 0.331 e. The van der Waals surface area contributed by atoms with E-state index in [0.29, 0.717) is 17.3 Å². The Kier molecular flexibility index (Phi) is 5.24. The van der Waals surface area contributed by atoms with Crippen LogP contribution in [0, 0.1) is 0 Å². The fraction of sp³-hybridized carbons (Fsp3) is 0.150. The lowest BCUT2D eigenvalue weighted by molar-refractivity contribution is -0.487. The molecule has 2 aromatic carbocycles. The molecule has 0 aliphatic carbocycles. The summed E-state index contributed by atoms with van der Waals surface area (Å²) in [5.74, 6) is 1.04. The average Bonchev–Trinajstić information content (AvgIpc) is 2.68. The summed E-state index contributed by atoms with van der Waals surface area (Å²) in [5, 5.41) is 1.92. The lowest BCUT2D eigenvalue weighted by Crippen LogP contribution is -2.72. The van der Waals surface area contributed by atoms with Crippen molar-refractivity contribution in [3.8, 4) is 17.0 Å². The molecule has 6 nitrogen and oxygen atoms in total. The van der Waals surface area contributed by atoms with Crippen molar-refractivity contribution in [3.63, 3.8) is 0 Å². The number of methoxy groups -OCH3 is 1. The Hall–Kier alpha value is -3.25. The van der Waals surface area contributed by atoms with Crippen molar-refractivity contribution in [2.24, 2.45) is 0 Å². The molecule has 0 atom stereocenters. The number of aromatic nitrogens is 2. The number of nitrogens with zero attached hydrogens (tertiary/aromatic N) is 3. The van der Waals surface area contributed by atoms with Gasteiger partial charge in [-0.25, -0.2) is 5.32 Å². The van der Waals surface area contributed by atoms with Gasteiger partial charge in [-0.15, -0.1) is 0 Å². The number of hydrogen-bond donors (Lipinski definition) is 1. The third-order valence-electron chi connectivity index (χ3n) is 3.90. The standard InChI is InChI=1S/C20H20N4O2/c1-24(2)19(25)16-13-14(9-10-18(16)26-3)17-11-12-21-20(23-17)22-15-7-5-4-6-8-15/h4-13H,1-3H3,(H,21,22,23)/p+1. The summed E-state index contributed by atoms with van der Waals surface area (Å²) in [6.45, 7) is 0. The van der Waals surface area contributed by atoms with Gasteiger partial charge in [0, 0.05) is 25.9 Å². The Morgan fingerprint density at radius 3 is 2.54 bits per heavy atom. The van der Waals surface area contributed by atoms with Crippen LogP contribution in [0.1, 0.15) is 10.4 Å². The van der Waals surface area contributed by atoms with Crippen molar-refractivity contribution in [1.82, 2.24) is 14.9 Å². The molecule has 0 aliphatic rings. The average molecular weight is 349 g/mol. The van der Waals surface area contributed by atoms with Crippen LogP contribution in [0.3, 0.4) is 0 Å². The van der Waals surface area contributed by atoms with Crippen LogP contribution in [0.25, 0.3) is 11.3 Å². The van der Waals surface area contributed by atoms with Crippen molar-refractivity contribution < 1.29 is 14.8 Å². The van der Waals surface area contributed by atoms with Crippen molar-refractivity contribution in [3.05, 3.63) is 66.4 Å². The predicted octanol–water partition coefficient (Wildman–Crippen LogP) is 2.38. The molecule has 0 saturated heterocycles. The number of amides is 1. The fourth-order valence-electron chi connectivity index (χ4n) is 2.58. The van der Waals surface area contributed by atoms with E-state index in [0.717, 1.165) is 16.9 Å². The van der Waals surface area contributed by atoms with Crippen LogP contribution in [-0.2, 0) is 0 Å². The molecular formula is C20H21N4O2+. The zero-order valence-corrected chi connectivity index (χ0v) is 15.0. The Balaban J connectivity index is 1.95. The molecule has 1 heterocycles. The van der Waals surface area contributed by atoms with E-state index in [2.05, 4.69) is 9.97 Å². The van der Waals surface area contributed by atoms with Gasteiger partial charge >= 0.3 is 5.95 Å². The summed E-state index contributed by atoms with van der Waals surface area (Å²) in [6.07, 6.45) is 1.72. The van der Waals surface area contributed by atoms with Crippen molar-refractivity contribution >= 4 is 17.5 Å². The number of rotatable bonds is 5. The lowest BCUT2D eigenvalue weighted by Gasteiger charge is -2.14. The molecular weight excluding hydrogens is 328 g/mol. The van der Waals surface area contributed by atoms with E-state index in [1.54, 1.807) is 39.5 Å². The molecule has 2 N–H and O–H groups in total. The van der Waals surface area contributed by atoms with Crippen LogP contribution in [0.4, 0.5) is 11.6 Å². The van der Waals surface area contributed by atoms with Gasteiger partial charge in [0.15, 0.2) is 0 Å². The Bertz CT molecular complexity index is 911. The van der Waals surface area contributed by atoms with E-state index in [4.69, 9.17) is 4.74 Å². The normalized spacial score (nSPS) is 10.4. The number of para-hydroxylation sites is 1. The quantitative estimate of drug-likeness (QED) is 0.718. The molecule has 132 valence electrons. The van der Waals surface area contributed by atoms with Gasteiger partial charge in [-0.3, -0.25) is 4.79 Å². The summed E-state index contributed by atoms with van der Waals surface area (Å²) in [7, 11) is 4.98. The van der Waals surface area contributed by atoms with Gasteiger partial charge in [0.2, 0.25) is 0 Å². The largest absolute Gasteiger partial charge is 0.496 e. The third kappa shape index (κ3) is 3.87. The maximum Gasteiger partial charge on any atom is 0.331 e. The minimum atomic E-state index is -0.117. The van der Waals surface area contributed by atoms with E-state index in [1.165, 1.54) is 4.90 Å². The number of benzene rings is 2. The molecule has 3 aromatic rings. The number of quaternary nitrogens is 1. The highest BCUT2D eigenvalue weighted by atomic mass is 16.5. The lowest BCUT2D eigenvalue weighted by atomic mass is 10.1. The zero-order chi connectivity index (χ0) is 18.5. The first-order valence-electron chi connectivity index (χ1n) is 8.21. The molecule has 26 heavy (non-hydrogen) atoms. The summed E-state index contributed by atoms with van der Waals surface area (Å²) in [6, 6.07) is 17.2. The summed E-state index contributed by atoms with van der Waals surface area (Å²) in [5.41, 5.74) is 3.11. The van der Waals surface area contributed by atoms with Crippen LogP contribution < -0.4 is 10.1 Å². The number of hydrogen-bond acceptors (Lipinski definition) is 4. The first-order valence-corrected chi connectivity index (χ1v) is 8.21. The fourth-order valence-corrected chi connectivity index (χ4v) is 2.58. The van der Waals surface area contributed by atoms with Gasteiger partial charge in [-0.05, 0) is 36.4 Å². The molecule has 3 rings (SSSR count). The predicted molar refractivity (Wildman–Crippen MR) is 99.7 cm³/mol. The van der Waals surface area contributed by atoms with Gasteiger partial charge < -0.3 is 9.64 Å². The van der Waals surface area contributed by atoms with Crippen LogP contribution in [0.15, 0.2) is 60.8 Å². The van der Waals surface area contributed by atoms with E-state index in [9.17, 15) is 4.79 Å². The third-order valence-corrected chi connectivity index (χ3v) is 3.90. The van der Waals surface area contributed by atoms with Gasteiger partial charge in [-0.2, -0.15) is 9.97 Å². The van der Waals surface area contributed by atoms with Crippen molar-refractivity contribution in [2.75, 3.05) is 21.2 Å². The van der Waals surface area contributed by atoms with Gasteiger partial charge in [0.25, 0.3) is 5.91 Å². The SMILES string of the molecule is COc1ccc(-c2ccnc([NH2+]c3ccccc3)n2)cc1C(=O)N(C)C. The number of nitrogens with two attached hydrogens (primary N) is 1. The minimum absolute atomic E-state index is 0.117. The molecule has 0 saturated carbocycles. The Morgan fingerprint density at radius 1 is 1.08 bits per heavy atom. The molecule has 1 amide bonds. The van der Waals surface area contributed by atoms with Crippen molar-refractivity contribution in [1.29, 1.82) is 0 Å². The van der Waals surface area contributed by atoms with Gasteiger partial charge in [0.05, 0.1) is 18.4 Å². The topological polar surface area (TPSA) is 71.9 Å². The Labute approximate surface area is 152 Å². The molecule has 6 heteroatoms. The molecule has 0 unspecified atom stereocenters. The summed E-state index contributed by atoms with van der Waals surface area (Å²) < 4.78 is 5.32. The minimum Gasteiger partial charge on any atom is -0.496 e. The highest BCUT2D eigenvalue weighted by Gasteiger charge is 2.16. The maximum atomic E-state index is 12.4. The number of ether oxygens (including phenoxy) is 1. The highest BCUT2D eigenvalue weighted by molar-refractivity contribution is 5.97. The Morgan fingerprint density at radius 2 is 1.85 bits per heavy atom. The maximum absolute atomic E-state index is 12.4. The van der Waals surface area contributed by atoms with Crippen LogP contribution in [0.2, 0.25) is 0 Å². The van der Waals surface area contributed by atoms with Crippen LogP contribution in [0.5, 0.6) is 5.75 Å². The first kappa shape index (κ1) is 17.6.